The smallest absolute Gasteiger partial charge is 0.130 e. The van der Waals surface area contributed by atoms with Crippen molar-refractivity contribution in [3.8, 4) is 17.6 Å². The SMILES string of the molecule is COc1cc(CC2=NC(c3ccc(Cl)cc3Cl)C(C#N)C(N)=N2)cc(OC)c1. The molecule has 2 N–H and O–H groups in total. The molecule has 1 aliphatic rings. The van der Waals surface area contributed by atoms with Crippen molar-refractivity contribution in [2.45, 2.75) is 12.5 Å². The van der Waals surface area contributed by atoms with Gasteiger partial charge in [-0.2, -0.15) is 5.26 Å². The molecule has 1 heterocycles. The summed E-state index contributed by atoms with van der Waals surface area (Å²) in [6.45, 7) is 0. The molecular formula is C20H18Cl2N4O2. The van der Waals surface area contributed by atoms with Gasteiger partial charge in [-0.25, -0.2) is 4.99 Å². The van der Waals surface area contributed by atoms with E-state index < -0.39 is 12.0 Å². The fraction of sp³-hybridized carbons (Fsp3) is 0.250. The third kappa shape index (κ3) is 4.22. The van der Waals surface area contributed by atoms with Gasteiger partial charge in [-0.15, -0.1) is 0 Å². The fourth-order valence-corrected chi connectivity index (χ4v) is 3.53. The molecule has 0 saturated carbocycles. The molecule has 0 bridgehead atoms. The van der Waals surface area contributed by atoms with Crippen molar-refractivity contribution in [3.63, 3.8) is 0 Å². The first-order valence-electron chi connectivity index (χ1n) is 8.42. The van der Waals surface area contributed by atoms with Gasteiger partial charge in [0.1, 0.15) is 35.1 Å². The van der Waals surface area contributed by atoms with E-state index in [0.29, 0.717) is 39.4 Å². The first-order valence-corrected chi connectivity index (χ1v) is 9.18. The number of amidine groups is 2. The van der Waals surface area contributed by atoms with Gasteiger partial charge in [0.25, 0.3) is 0 Å². The minimum absolute atomic E-state index is 0.207. The Labute approximate surface area is 173 Å². The van der Waals surface area contributed by atoms with Crippen molar-refractivity contribution in [1.82, 2.24) is 0 Å². The van der Waals surface area contributed by atoms with Gasteiger partial charge in [0.15, 0.2) is 0 Å². The summed E-state index contributed by atoms with van der Waals surface area (Å²) in [5, 5.41) is 10.5. The Balaban J connectivity index is 1.99. The van der Waals surface area contributed by atoms with Crippen LogP contribution in [0.5, 0.6) is 11.5 Å². The zero-order chi connectivity index (χ0) is 20.3. The minimum atomic E-state index is -0.706. The van der Waals surface area contributed by atoms with Crippen molar-refractivity contribution >= 4 is 34.9 Å². The molecule has 0 radical (unpaired) electrons. The van der Waals surface area contributed by atoms with Gasteiger partial charge in [0.2, 0.25) is 0 Å². The Morgan fingerprint density at radius 3 is 2.36 bits per heavy atom. The molecule has 0 aromatic heterocycles. The van der Waals surface area contributed by atoms with Crippen LogP contribution in [0, 0.1) is 17.2 Å². The highest BCUT2D eigenvalue weighted by molar-refractivity contribution is 6.35. The highest BCUT2D eigenvalue weighted by Gasteiger charge is 2.31. The van der Waals surface area contributed by atoms with Crippen LogP contribution in [0.4, 0.5) is 0 Å². The molecule has 6 nitrogen and oxygen atoms in total. The van der Waals surface area contributed by atoms with E-state index in [-0.39, 0.29) is 5.84 Å². The van der Waals surface area contributed by atoms with Crippen molar-refractivity contribution in [3.05, 3.63) is 57.6 Å². The number of hydrogen-bond donors (Lipinski definition) is 1. The predicted octanol–water partition coefficient (Wildman–Crippen LogP) is 4.20. The van der Waals surface area contributed by atoms with Crippen LogP contribution in [-0.2, 0) is 6.42 Å². The van der Waals surface area contributed by atoms with E-state index in [2.05, 4.69) is 16.1 Å². The van der Waals surface area contributed by atoms with Gasteiger partial charge in [-0.1, -0.05) is 29.3 Å². The van der Waals surface area contributed by atoms with Gasteiger partial charge in [-0.05, 0) is 35.4 Å². The first kappa shape index (κ1) is 20.0. The molecule has 2 atom stereocenters. The van der Waals surface area contributed by atoms with E-state index in [0.717, 1.165) is 5.56 Å². The van der Waals surface area contributed by atoms with Crippen LogP contribution in [0.3, 0.4) is 0 Å². The van der Waals surface area contributed by atoms with E-state index in [1.165, 1.54) is 0 Å². The molecule has 2 aromatic rings. The fourth-order valence-electron chi connectivity index (χ4n) is 3.01. The van der Waals surface area contributed by atoms with Gasteiger partial charge < -0.3 is 15.2 Å². The lowest BCUT2D eigenvalue weighted by Gasteiger charge is -2.24. The first-order chi connectivity index (χ1) is 13.4. The van der Waals surface area contributed by atoms with Gasteiger partial charge >= 0.3 is 0 Å². The van der Waals surface area contributed by atoms with Crippen LogP contribution < -0.4 is 15.2 Å². The molecule has 0 saturated heterocycles. The molecular weight excluding hydrogens is 399 g/mol. The molecule has 0 aliphatic carbocycles. The van der Waals surface area contributed by atoms with E-state index in [4.69, 9.17) is 38.4 Å². The van der Waals surface area contributed by atoms with Crippen molar-refractivity contribution in [2.75, 3.05) is 14.2 Å². The molecule has 144 valence electrons. The summed E-state index contributed by atoms with van der Waals surface area (Å²) in [5.41, 5.74) is 7.65. The number of hydrogen-bond acceptors (Lipinski definition) is 6. The second-order valence-electron chi connectivity index (χ2n) is 6.20. The van der Waals surface area contributed by atoms with Crippen LogP contribution in [0.15, 0.2) is 46.4 Å². The lowest BCUT2D eigenvalue weighted by molar-refractivity contribution is 0.393. The highest BCUT2D eigenvalue weighted by atomic mass is 35.5. The van der Waals surface area contributed by atoms with Crippen LogP contribution >= 0.6 is 23.2 Å². The maximum atomic E-state index is 9.57. The quantitative estimate of drug-likeness (QED) is 0.789. The molecule has 2 aromatic carbocycles. The zero-order valence-corrected chi connectivity index (χ0v) is 16.8. The number of nitriles is 1. The second kappa shape index (κ2) is 8.51. The number of nitrogens with zero attached hydrogens (tertiary/aromatic N) is 3. The highest BCUT2D eigenvalue weighted by Crippen LogP contribution is 2.35. The van der Waals surface area contributed by atoms with E-state index in [1.807, 2.05) is 12.1 Å². The number of nitrogens with two attached hydrogens (primary N) is 1. The monoisotopic (exact) mass is 416 g/mol. The lowest BCUT2D eigenvalue weighted by atomic mass is 9.92. The normalized spacial score (nSPS) is 18.7. The molecule has 3 rings (SSSR count). The summed E-state index contributed by atoms with van der Waals surface area (Å²) in [5.74, 6) is 1.32. The van der Waals surface area contributed by atoms with Crippen LogP contribution in [-0.4, -0.2) is 25.9 Å². The predicted molar refractivity (Wildman–Crippen MR) is 111 cm³/mol. The molecule has 1 aliphatic heterocycles. The summed E-state index contributed by atoms with van der Waals surface area (Å²) in [6.07, 6.45) is 0.397. The minimum Gasteiger partial charge on any atom is -0.497 e. The van der Waals surface area contributed by atoms with Crippen molar-refractivity contribution in [2.24, 2.45) is 21.6 Å². The summed E-state index contributed by atoms with van der Waals surface area (Å²) >= 11 is 12.3. The van der Waals surface area contributed by atoms with Gasteiger partial charge in [-0.3, -0.25) is 4.99 Å². The summed E-state index contributed by atoms with van der Waals surface area (Å²) in [6, 6.07) is 12.2. The number of benzene rings is 2. The standard InChI is InChI=1S/C20H18Cl2N4O2/c1-27-13-5-11(6-14(9-13)28-2)7-18-25-19(16(10-23)20(24)26-18)15-4-3-12(21)8-17(15)22/h3-6,8-9,16,19H,7H2,1-2H3,(H2,24,25,26). The number of methoxy groups -OCH3 is 2. The molecule has 8 heteroatoms. The number of aliphatic imine (C=N–C) groups is 2. The number of ether oxygens (including phenoxy) is 2. The van der Waals surface area contributed by atoms with E-state index in [9.17, 15) is 5.26 Å². The van der Waals surface area contributed by atoms with Crippen molar-refractivity contribution in [1.29, 1.82) is 5.26 Å². The lowest BCUT2D eigenvalue weighted by Crippen LogP contribution is -2.32. The average molecular weight is 417 g/mol. The average Bonchev–Trinajstić information content (AvgIpc) is 2.67. The number of rotatable bonds is 5. The van der Waals surface area contributed by atoms with Crippen LogP contribution in [0.2, 0.25) is 10.0 Å². The Bertz CT molecular complexity index is 976. The number of halogens is 2. The molecule has 2 unspecified atom stereocenters. The zero-order valence-electron chi connectivity index (χ0n) is 15.3. The third-order valence-electron chi connectivity index (χ3n) is 4.37. The summed E-state index contributed by atoms with van der Waals surface area (Å²) in [7, 11) is 3.17. The Morgan fingerprint density at radius 2 is 1.79 bits per heavy atom. The molecule has 0 amide bonds. The summed E-state index contributed by atoms with van der Waals surface area (Å²) < 4.78 is 10.6. The van der Waals surface area contributed by atoms with Gasteiger partial charge in [0, 0.05) is 22.5 Å². The van der Waals surface area contributed by atoms with E-state index in [1.54, 1.807) is 38.5 Å². The van der Waals surface area contributed by atoms with Crippen LogP contribution in [0.25, 0.3) is 0 Å². The van der Waals surface area contributed by atoms with Gasteiger partial charge in [0.05, 0.1) is 20.3 Å². The molecule has 0 spiro atoms. The third-order valence-corrected chi connectivity index (χ3v) is 4.94. The molecule has 0 fully saturated rings. The molecule has 28 heavy (non-hydrogen) atoms. The second-order valence-corrected chi connectivity index (χ2v) is 7.04. The topological polar surface area (TPSA) is 93.0 Å². The Morgan fingerprint density at radius 1 is 1.11 bits per heavy atom. The maximum Gasteiger partial charge on any atom is 0.130 e. The Hall–Kier alpha value is -2.75. The van der Waals surface area contributed by atoms with Crippen molar-refractivity contribution < 1.29 is 9.47 Å². The van der Waals surface area contributed by atoms with E-state index >= 15 is 0 Å². The summed E-state index contributed by atoms with van der Waals surface area (Å²) in [4.78, 5) is 9.00. The Kier molecular flexibility index (Phi) is 6.08. The van der Waals surface area contributed by atoms with Crippen LogP contribution in [0.1, 0.15) is 17.2 Å². The largest absolute Gasteiger partial charge is 0.497 e. The maximum absolute atomic E-state index is 9.57.